The molecule has 0 saturated carbocycles. The van der Waals surface area contributed by atoms with Crippen molar-refractivity contribution in [3.63, 3.8) is 0 Å². The number of hydrogen-bond donors (Lipinski definition) is 2. The zero-order chi connectivity index (χ0) is 14.5. The van der Waals surface area contributed by atoms with Crippen LogP contribution in [0.2, 0.25) is 0 Å². The smallest absolute Gasteiger partial charge is 0.305 e. The molecule has 0 bridgehead atoms. The van der Waals surface area contributed by atoms with Crippen LogP contribution in [-0.2, 0) is 19.6 Å². The number of aromatic amines is 1. The molecular weight excluding hydrogens is 270 g/mol. The van der Waals surface area contributed by atoms with Crippen LogP contribution in [0.5, 0.6) is 0 Å². The fourth-order valence-electron chi connectivity index (χ4n) is 1.40. The summed E-state index contributed by atoms with van der Waals surface area (Å²) in [6.45, 7) is 3.95. The molecule has 19 heavy (non-hydrogen) atoms. The van der Waals surface area contributed by atoms with Crippen LogP contribution in [0.25, 0.3) is 0 Å². The number of sulfonamides is 1. The number of nitrogens with one attached hydrogen (secondary N) is 2. The number of H-pyrrole nitrogens is 1. The first-order chi connectivity index (χ1) is 8.84. The van der Waals surface area contributed by atoms with E-state index in [-0.39, 0.29) is 30.3 Å². The van der Waals surface area contributed by atoms with Crippen LogP contribution < -0.4 is 4.72 Å². The molecule has 0 amide bonds. The number of anilines is 1. The Morgan fingerprint density at radius 2 is 2.21 bits per heavy atom. The number of carbonyl (C=O) groups is 1. The highest BCUT2D eigenvalue weighted by Crippen LogP contribution is 2.15. The average Bonchev–Trinajstić information content (AvgIpc) is 2.76. The Kier molecular flexibility index (Phi) is 5.34. The molecule has 0 saturated heterocycles. The molecule has 0 atom stereocenters. The molecule has 1 heterocycles. The summed E-state index contributed by atoms with van der Waals surface area (Å²) in [5, 5.41) is 6.64. The van der Waals surface area contributed by atoms with Gasteiger partial charge in [-0.3, -0.25) is 14.6 Å². The molecule has 1 aromatic heterocycles. The summed E-state index contributed by atoms with van der Waals surface area (Å²) in [6.07, 6.45) is 0.290. The van der Waals surface area contributed by atoms with E-state index >= 15 is 0 Å². The lowest BCUT2D eigenvalue weighted by molar-refractivity contribution is -0.140. The van der Waals surface area contributed by atoms with Gasteiger partial charge in [-0.2, -0.15) is 5.10 Å². The molecule has 1 aromatic rings. The summed E-state index contributed by atoms with van der Waals surface area (Å²) in [5.41, 5.74) is 0.854. The summed E-state index contributed by atoms with van der Waals surface area (Å²) in [4.78, 5) is 10.9. The lowest BCUT2D eigenvalue weighted by Crippen LogP contribution is -2.17. The summed E-state index contributed by atoms with van der Waals surface area (Å²) in [7, 11) is -2.22. The molecule has 1 rings (SSSR count). The topological polar surface area (TPSA) is 101 Å². The molecule has 8 heteroatoms. The molecule has 7 nitrogen and oxygen atoms in total. The van der Waals surface area contributed by atoms with E-state index in [9.17, 15) is 13.2 Å². The molecule has 0 aromatic carbocycles. The molecule has 0 fully saturated rings. The van der Waals surface area contributed by atoms with Gasteiger partial charge in [0.25, 0.3) is 0 Å². The molecular formula is C11H19N3O4S. The molecule has 0 unspecified atom stereocenters. The second-order valence-corrected chi connectivity index (χ2v) is 6.31. The number of ether oxygens (including phenoxy) is 1. The fraction of sp³-hybridized carbons (Fsp3) is 0.636. The summed E-state index contributed by atoms with van der Waals surface area (Å²) >= 11 is 0. The third kappa shape index (κ3) is 5.29. The molecule has 0 spiro atoms. The lowest BCUT2D eigenvalue weighted by Gasteiger charge is -2.04. The van der Waals surface area contributed by atoms with Crippen molar-refractivity contribution in [3.05, 3.63) is 11.8 Å². The minimum atomic E-state index is -3.49. The number of hydrogen-bond acceptors (Lipinski definition) is 5. The SMILES string of the molecule is COC(=O)CCCS(=O)(=O)Nc1cc(C(C)C)[nH]n1. The van der Waals surface area contributed by atoms with Gasteiger partial charge in [0, 0.05) is 18.2 Å². The van der Waals surface area contributed by atoms with E-state index < -0.39 is 16.0 Å². The fourth-order valence-corrected chi connectivity index (χ4v) is 2.45. The monoisotopic (exact) mass is 289 g/mol. The summed E-state index contributed by atoms with van der Waals surface area (Å²) < 4.78 is 30.3. The van der Waals surface area contributed by atoms with E-state index in [0.717, 1.165) is 5.69 Å². The van der Waals surface area contributed by atoms with Crippen molar-refractivity contribution in [3.8, 4) is 0 Å². The Morgan fingerprint density at radius 3 is 2.74 bits per heavy atom. The van der Waals surface area contributed by atoms with Gasteiger partial charge in [-0.15, -0.1) is 0 Å². The highest BCUT2D eigenvalue weighted by atomic mass is 32.2. The van der Waals surface area contributed by atoms with Crippen LogP contribution >= 0.6 is 0 Å². The number of carbonyl (C=O) groups excluding carboxylic acids is 1. The largest absolute Gasteiger partial charge is 0.469 e. The van der Waals surface area contributed by atoms with Crippen molar-refractivity contribution in [1.29, 1.82) is 0 Å². The zero-order valence-electron chi connectivity index (χ0n) is 11.3. The number of esters is 1. The highest BCUT2D eigenvalue weighted by molar-refractivity contribution is 7.92. The van der Waals surface area contributed by atoms with Crippen molar-refractivity contribution in [1.82, 2.24) is 10.2 Å². The van der Waals surface area contributed by atoms with Crippen LogP contribution in [-0.4, -0.2) is 37.4 Å². The Balaban J connectivity index is 2.51. The zero-order valence-corrected chi connectivity index (χ0v) is 12.1. The van der Waals surface area contributed by atoms with E-state index in [4.69, 9.17) is 0 Å². The first-order valence-corrected chi connectivity index (χ1v) is 7.62. The van der Waals surface area contributed by atoms with Gasteiger partial charge in [-0.05, 0) is 12.3 Å². The van der Waals surface area contributed by atoms with Gasteiger partial charge in [0.05, 0.1) is 12.9 Å². The van der Waals surface area contributed by atoms with Crippen LogP contribution in [0.1, 0.15) is 38.3 Å². The first kappa shape index (κ1) is 15.5. The predicted octanol–water partition coefficient (Wildman–Crippen LogP) is 1.23. The standard InChI is InChI=1S/C11H19N3O4S/c1-8(2)9-7-10(13-12-9)14-19(16,17)6-4-5-11(15)18-3/h7-8H,4-6H2,1-3H3,(H2,12,13,14). The normalized spacial score (nSPS) is 11.6. The van der Waals surface area contributed by atoms with E-state index in [2.05, 4.69) is 19.7 Å². The second-order valence-electron chi connectivity index (χ2n) is 4.46. The maximum atomic E-state index is 11.7. The average molecular weight is 289 g/mol. The van der Waals surface area contributed by atoms with E-state index in [1.807, 2.05) is 13.8 Å². The minimum Gasteiger partial charge on any atom is -0.469 e. The van der Waals surface area contributed by atoms with Crippen molar-refractivity contribution >= 4 is 21.8 Å². The molecule has 0 aliphatic rings. The van der Waals surface area contributed by atoms with Gasteiger partial charge in [-0.1, -0.05) is 13.8 Å². The highest BCUT2D eigenvalue weighted by Gasteiger charge is 2.14. The third-order valence-corrected chi connectivity index (χ3v) is 3.85. The van der Waals surface area contributed by atoms with Gasteiger partial charge >= 0.3 is 5.97 Å². The van der Waals surface area contributed by atoms with Crippen LogP contribution in [0.15, 0.2) is 6.07 Å². The van der Waals surface area contributed by atoms with Crippen molar-refractivity contribution in [2.24, 2.45) is 0 Å². The van der Waals surface area contributed by atoms with Crippen LogP contribution in [0.4, 0.5) is 5.82 Å². The van der Waals surface area contributed by atoms with Gasteiger partial charge in [0.1, 0.15) is 0 Å². The Bertz CT molecular complexity index is 522. The van der Waals surface area contributed by atoms with E-state index in [1.165, 1.54) is 7.11 Å². The van der Waals surface area contributed by atoms with E-state index in [0.29, 0.717) is 0 Å². The first-order valence-electron chi connectivity index (χ1n) is 5.96. The van der Waals surface area contributed by atoms with Gasteiger partial charge in [-0.25, -0.2) is 8.42 Å². The predicted molar refractivity (Wildman–Crippen MR) is 71.3 cm³/mol. The van der Waals surface area contributed by atoms with Crippen LogP contribution in [0, 0.1) is 0 Å². The Hall–Kier alpha value is -1.57. The Labute approximate surface area is 112 Å². The van der Waals surface area contributed by atoms with Gasteiger partial charge in [0.15, 0.2) is 5.82 Å². The van der Waals surface area contributed by atoms with Crippen molar-refractivity contribution in [2.75, 3.05) is 17.6 Å². The molecule has 0 radical (unpaired) electrons. The van der Waals surface area contributed by atoms with Crippen molar-refractivity contribution in [2.45, 2.75) is 32.6 Å². The number of nitrogens with zero attached hydrogens (tertiary/aromatic N) is 1. The van der Waals surface area contributed by atoms with Gasteiger partial charge < -0.3 is 4.74 Å². The minimum absolute atomic E-state index is 0.0786. The molecule has 0 aliphatic carbocycles. The lowest BCUT2D eigenvalue weighted by atomic mass is 10.1. The third-order valence-electron chi connectivity index (χ3n) is 2.50. The number of rotatable bonds is 7. The molecule has 2 N–H and O–H groups in total. The summed E-state index contributed by atoms with van der Waals surface area (Å²) in [5.74, 6) is -0.0599. The maximum Gasteiger partial charge on any atom is 0.305 e. The van der Waals surface area contributed by atoms with Gasteiger partial charge in [0.2, 0.25) is 10.0 Å². The quantitative estimate of drug-likeness (QED) is 0.735. The second kappa shape index (κ2) is 6.55. The van der Waals surface area contributed by atoms with Crippen molar-refractivity contribution < 1.29 is 17.9 Å². The molecule has 108 valence electrons. The van der Waals surface area contributed by atoms with E-state index in [1.54, 1.807) is 6.07 Å². The number of aromatic nitrogens is 2. The molecule has 0 aliphatic heterocycles. The number of methoxy groups -OCH3 is 1. The summed E-state index contributed by atoms with van der Waals surface area (Å²) in [6, 6.07) is 1.66. The maximum absolute atomic E-state index is 11.7. The van der Waals surface area contributed by atoms with Crippen LogP contribution in [0.3, 0.4) is 0 Å². The Morgan fingerprint density at radius 1 is 1.53 bits per heavy atom.